The topological polar surface area (TPSA) is 79.2 Å². The molecule has 2 N–H and O–H groups in total. The second-order valence-corrected chi connectivity index (χ2v) is 2.23. The Morgan fingerprint density at radius 3 is 2.45 bits per heavy atom. The van der Waals surface area contributed by atoms with Crippen molar-refractivity contribution in [3.05, 3.63) is 0 Å². The molecule has 0 rings (SSSR count). The fourth-order valence-electron chi connectivity index (χ4n) is 0.408. The number of ether oxygens (including phenoxy) is 1. The maximum Gasteiger partial charge on any atom is 0.407 e. The Morgan fingerprint density at radius 2 is 2.09 bits per heavy atom. The maximum absolute atomic E-state index is 10.6. The summed E-state index contributed by atoms with van der Waals surface area (Å²) < 4.78 is 4.62. The predicted molar refractivity (Wildman–Crippen MR) is 37.7 cm³/mol. The highest BCUT2D eigenvalue weighted by molar-refractivity contribution is 5.80. The van der Waals surface area contributed by atoms with Gasteiger partial charge < -0.3 is 10.1 Å². The second-order valence-electron chi connectivity index (χ2n) is 2.23. The van der Waals surface area contributed by atoms with Crippen molar-refractivity contribution in [1.29, 1.82) is 0 Å². The Hall–Kier alpha value is -1.26. The average Bonchev–Trinajstić information content (AvgIpc) is 1.82. The lowest BCUT2D eigenvalue weighted by atomic mass is 10.5. The fourth-order valence-corrected chi connectivity index (χ4v) is 0.408. The summed E-state index contributed by atoms with van der Waals surface area (Å²) in [6, 6.07) is 0. The lowest BCUT2D eigenvalue weighted by Crippen LogP contribution is -2.31. The van der Waals surface area contributed by atoms with Gasteiger partial charge in [-0.15, -0.1) is 0 Å². The molecule has 5 nitrogen and oxygen atoms in total. The second kappa shape index (κ2) is 4.54. The van der Waals surface area contributed by atoms with Crippen molar-refractivity contribution >= 4 is 12.0 Å². The lowest BCUT2D eigenvalue weighted by Gasteiger charge is -2.07. The summed E-state index contributed by atoms with van der Waals surface area (Å²) in [5.41, 5.74) is 6.44. The van der Waals surface area contributed by atoms with Gasteiger partial charge in [-0.05, 0) is 13.8 Å². The van der Waals surface area contributed by atoms with E-state index in [9.17, 15) is 9.59 Å². The molecule has 0 atom stereocenters. The summed E-state index contributed by atoms with van der Waals surface area (Å²) in [6.07, 6.45) is -0.878. The normalized spacial score (nSPS) is 9.36. The van der Waals surface area contributed by atoms with Gasteiger partial charge in [0.05, 0.1) is 6.10 Å². The van der Waals surface area contributed by atoms with Gasteiger partial charge in [-0.2, -0.15) is 0 Å². The van der Waals surface area contributed by atoms with Gasteiger partial charge in [0.15, 0.2) is 0 Å². The zero-order chi connectivity index (χ0) is 8.85. The van der Waals surface area contributed by atoms with Gasteiger partial charge in [0, 0.05) is 0 Å². The van der Waals surface area contributed by atoms with Crippen LogP contribution >= 0.6 is 0 Å². The molecule has 0 fully saturated rings. The first-order valence-corrected chi connectivity index (χ1v) is 3.21. The summed E-state index contributed by atoms with van der Waals surface area (Å²) in [5.74, 6) is -0.842. The molecule has 0 aromatic rings. The highest BCUT2D eigenvalue weighted by Gasteiger charge is 2.04. The number of amides is 2. The summed E-state index contributed by atoms with van der Waals surface area (Å²) >= 11 is 0. The first-order valence-electron chi connectivity index (χ1n) is 3.21. The van der Waals surface area contributed by atoms with Crippen molar-refractivity contribution in [3.63, 3.8) is 0 Å². The van der Waals surface area contributed by atoms with Crippen molar-refractivity contribution in [2.45, 2.75) is 20.0 Å². The van der Waals surface area contributed by atoms with Crippen LogP contribution in [0.25, 0.3) is 0 Å². The van der Waals surface area contributed by atoms with E-state index in [1.54, 1.807) is 13.8 Å². The largest absolute Gasteiger partial charge is 0.447 e. The standard InChI is InChI=1S/C6H11N2O3/c1-4(2)11-6(10)8-3-5(7)9/h4,7H,3H2,1-2H3,(H,8,10). The Morgan fingerprint density at radius 1 is 1.55 bits per heavy atom. The van der Waals surface area contributed by atoms with Crippen LogP contribution in [0.2, 0.25) is 0 Å². The molecule has 0 aromatic heterocycles. The number of nitrogens with one attached hydrogen (secondary N) is 2. The minimum atomic E-state index is -0.842. The number of hydrogen-bond donors (Lipinski definition) is 1. The molecular weight excluding hydrogens is 148 g/mol. The minimum absolute atomic E-state index is 0.212. The van der Waals surface area contributed by atoms with Gasteiger partial charge in [-0.1, -0.05) is 0 Å². The summed E-state index contributed by atoms with van der Waals surface area (Å²) in [5, 5.41) is 2.12. The predicted octanol–water partition coefficient (Wildman–Crippen LogP) is -0.0695. The molecule has 0 bridgehead atoms. The van der Waals surface area contributed by atoms with Gasteiger partial charge in [0.2, 0.25) is 0 Å². The third-order valence-corrected chi connectivity index (χ3v) is 0.736. The Bertz CT molecular complexity index is 156. The van der Waals surface area contributed by atoms with Crippen LogP contribution in [0.15, 0.2) is 0 Å². The molecular formula is C6H11N2O3. The zero-order valence-corrected chi connectivity index (χ0v) is 6.51. The van der Waals surface area contributed by atoms with Crippen molar-refractivity contribution in [2.24, 2.45) is 0 Å². The average molecular weight is 159 g/mol. The van der Waals surface area contributed by atoms with E-state index in [0.29, 0.717) is 0 Å². The molecule has 0 saturated heterocycles. The molecule has 0 aliphatic heterocycles. The molecule has 5 heteroatoms. The van der Waals surface area contributed by atoms with Crippen molar-refractivity contribution in [2.75, 3.05) is 6.54 Å². The van der Waals surface area contributed by atoms with E-state index in [4.69, 9.17) is 5.73 Å². The smallest absolute Gasteiger partial charge is 0.407 e. The maximum atomic E-state index is 10.6. The molecule has 11 heavy (non-hydrogen) atoms. The van der Waals surface area contributed by atoms with Gasteiger partial charge in [0.25, 0.3) is 5.91 Å². The number of hydrogen-bond acceptors (Lipinski definition) is 3. The Kier molecular flexibility index (Phi) is 4.02. The van der Waals surface area contributed by atoms with E-state index in [0.717, 1.165) is 0 Å². The van der Waals surface area contributed by atoms with Gasteiger partial charge >= 0.3 is 6.09 Å². The number of carbonyl (C=O) groups is 2. The molecule has 0 unspecified atom stereocenters. The quantitative estimate of drug-likeness (QED) is 0.626. The molecule has 0 aliphatic carbocycles. The molecule has 2 amide bonds. The summed E-state index contributed by atoms with van der Waals surface area (Å²) in [7, 11) is 0. The van der Waals surface area contributed by atoms with Gasteiger partial charge in [-0.3, -0.25) is 10.5 Å². The number of carbonyl (C=O) groups excluding carboxylic acids is 2. The van der Waals surface area contributed by atoms with E-state index in [-0.39, 0.29) is 12.6 Å². The zero-order valence-electron chi connectivity index (χ0n) is 6.51. The van der Waals surface area contributed by atoms with Gasteiger partial charge in [0.1, 0.15) is 6.54 Å². The first kappa shape index (κ1) is 9.74. The lowest BCUT2D eigenvalue weighted by molar-refractivity contribution is -0.117. The highest BCUT2D eigenvalue weighted by Crippen LogP contribution is 1.86. The molecule has 63 valence electrons. The monoisotopic (exact) mass is 159 g/mol. The Balaban J connectivity index is 3.45. The summed E-state index contributed by atoms with van der Waals surface area (Å²) in [6.45, 7) is 3.09. The van der Waals surface area contributed by atoms with Crippen molar-refractivity contribution in [3.8, 4) is 0 Å². The van der Waals surface area contributed by atoms with E-state index in [1.807, 2.05) is 0 Å². The van der Waals surface area contributed by atoms with E-state index < -0.39 is 12.0 Å². The van der Waals surface area contributed by atoms with E-state index in [2.05, 4.69) is 10.1 Å². The van der Waals surface area contributed by atoms with Crippen LogP contribution in [0, 0.1) is 0 Å². The molecule has 0 aromatic carbocycles. The highest BCUT2D eigenvalue weighted by atomic mass is 16.6. The summed E-state index contributed by atoms with van der Waals surface area (Å²) in [4.78, 5) is 20.6. The van der Waals surface area contributed by atoms with Crippen LogP contribution in [0.4, 0.5) is 4.79 Å². The minimum Gasteiger partial charge on any atom is -0.447 e. The molecule has 1 radical (unpaired) electrons. The molecule has 0 saturated carbocycles. The van der Waals surface area contributed by atoms with Crippen LogP contribution in [0.5, 0.6) is 0 Å². The van der Waals surface area contributed by atoms with Crippen LogP contribution in [-0.2, 0) is 9.53 Å². The number of alkyl carbamates (subject to hydrolysis) is 1. The van der Waals surface area contributed by atoms with E-state index >= 15 is 0 Å². The molecule has 0 spiro atoms. The Labute approximate surface area is 64.9 Å². The fraction of sp³-hybridized carbons (Fsp3) is 0.667. The SMILES string of the molecule is CC(C)OC(=O)NCC([NH])=O. The third-order valence-electron chi connectivity index (χ3n) is 0.736. The molecule has 0 aliphatic rings. The van der Waals surface area contributed by atoms with Crippen molar-refractivity contribution < 1.29 is 14.3 Å². The third kappa shape index (κ3) is 6.63. The van der Waals surface area contributed by atoms with Crippen LogP contribution < -0.4 is 11.1 Å². The van der Waals surface area contributed by atoms with Crippen LogP contribution in [0.1, 0.15) is 13.8 Å². The van der Waals surface area contributed by atoms with Crippen LogP contribution in [0.3, 0.4) is 0 Å². The molecule has 0 heterocycles. The van der Waals surface area contributed by atoms with Crippen molar-refractivity contribution in [1.82, 2.24) is 11.1 Å². The van der Waals surface area contributed by atoms with Crippen LogP contribution in [-0.4, -0.2) is 24.6 Å². The van der Waals surface area contributed by atoms with Gasteiger partial charge in [-0.25, -0.2) is 4.79 Å². The first-order chi connectivity index (χ1) is 5.02. The van der Waals surface area contributed by atoms with E-state index in [1.165, 1.54) is 0 Å². The number of rotatable bonds is 3.